The zero-order valence-corrected chi connectivity index (χ0v) is 28.6. The first-order valence-electron chi connectivity index (χ1n) is 18.1. The predicted octanol–water partition coefficient (Wildman–Crippen LogP) is 8.20. The second-order valence-electron chi connectivity index (χ2n) is 16.7. The number of rotatable bonds is 1. The van der Waals surface area contributed by atoms with Gasteiger partial charge in [0.05, 0.1) is 11.5 Å². The van der Waals surface area contributed by atoms with Gasteiger partial charge in [0, 0.05) is 34.6 Å². The van der Waals surface area contributed by atoms with Gasteiger partial charge in [-0.15, -0.1) is 11.8 Å². The van der Waals surface area contributed by atoms with E-state index in [1.54, 1.807) is 0 Å². The van der Waals surface area contributed by atoms with Crippen LogP contribution in [0.15, 0.2) is 72.3 Å². The lowest BCUT2D eigenvalue weighted by atomic mass is 9.48. The van der Waals surface area contributed by atoms with Gasteiger partial charge >= 0.3 is 0 Å². The maximum atomic E-state index is 16.2. The summed E-state index contributed by atoms with van der Waals surface area (Å²) in [5.41, 5.74) is 3.62. The average molecular weight is 644 g/mol. The first kappa shape index (κ1) is 29.2. The summed E-state index contributed by atoms with van der Waals surface area (Å²) >= 11 is 1.93. The van der Waals surface area contributed by atoms with Gasteiger partial charge in [0.25, 0.3) is 0 Å². The molecule has 7 aliphatic rings. The third kappa shape index (κ3) is 3.22. The Balaban J connectivity index is 1.24. The minimum Gasteiger partial charge on any atom is -0.393 e. The fourth-order valence-corrected chi connectivity index (χ4v) is 14.6. The molecule has 1 N–H and O–H groups in total. The topological polar surface area (TPSA) is 57.6 Å². The van der Waals surface area contributed by atoms with Crippen LogP contribution in [0.4, 0.5) is 0 Å². The highest BCUT2D eigenvalue weighted by molar-refractivity contribution is 7.99. The lowest BCUT2D eigenvalue weighted by molar-refractivity contribution is -0.141. The van der Waals surface area contributed by atoms with Crippen LogP contribution in [-0.2, 0) is 10.3 Å². The summed E-state index contributed by atoms with van der Waals surface area (Å²) in [5.74, 6) is 3.36. The molecule has 3 saturated carbocycles. The molecule has 3 aromatic carbocycles. The fraction of sp³-hybridized carbons (Fsp3) is 0.524. The Morgan fingerprint density at radius 1 is 0.915 bits per heavy atom. The highest BCUT2D eigenvalue weighted by Gasteiger charge is 2.82. The highest BCUT2D eigenvalue weighted by atomic mass is 32.2. The zero-order chi connectivity index (χ0) is 32.1. The maximum absolute atomic E-state index is 16.2. The van der Waals surface area contributed by atoms with Crippen LogP contribution in [0.3, 0.4) is 0 Å². The van der Waals surface area contributed by atoms with Gasteiger partial charge in [0.2, 0.25) is 0 Å². The van der Waals surface area contributed by atoms with Crippen LogP contribution in [0.5, 0.6) is 0 Å². The number of aliphatic hydroxyl groups is 1. The van der Waals surface area contributed by atoms with E-state index < -0.39 is 16.4 Å². The number of aryl methyl sites for hydroxylation is 1. The molecule has 0 unspecified atom stereocenters. The van der Waals surface area contributed by atoms with E-state index in [1.807, 2.05) is 23.9 Å². The first-order chi connectivity index (χ1) is 22.7. The summed E-state index contributed by atoms with van der Waals surface area (Å²) in [6.45, 7) is 6.99. The number of fused-ring (bicyclic) bond motifs is 9. The molecule has 2 spiro atoms. The Bertz CT molecular complexity index is 1930. The molecule has 0 radical (unpaired) electrons. The van der Waals surface area contributed by atoms with Crippen molar-refractivity contribution in [2.75, 3.05) is 11.6 Å². The second kappa shape index (κ2) is 9.49. The summed E-state index contributed by atoms with van der Waals surface area (Å²) in [4.78, 5) is 34.4. The number of hydrogen-bond donors (Lipinski definition) is 1. The molecule has 2 saturated heterocycles. The van der Waals surface area contributed by atoms with E-state index >= 15 is 9.59 Å². The lowest BCUT2D eigenvalue weighted by Gasteiger charge is -2.56. The molecule has 2 heterocycles. The molecule has 0 aromatic heterocycles. The van der Waals surface area contributed by atoms with Crippen LogP contribution in [0.25, 0.3) is 10.8 Å². The number of aliphatic hydroxyl groups excluding tert-OH is 1. The van der Waals surface area contributed by atoms with Crippen molar-refractivity contribution in [1.29, 1.82) is 0 Å². The Morgan fingerprint density at radius 2 is 1.70 bits per heavy atom. The molecule has 0 bridgehead atoms. The van der Waals surface area contributed by atoms with Crippen molar-refractivity contribution >= 4 is 34.1 Å². The van der Waals surface area contributed by atoms with Crippen LogP contribution in [0, 0.1) is 40.9 Å². The molecule has 10 rings (SSSR count). The van der Waals surface area contributed by atoms with Crippen LogP contribution in [0.1, 0.15) is 91.8 Å². The lowest BCUT2D eigenvalue weighted by Crippen LogP contribution is -2.58. The predicted molar refractivity (Wildman–Crippen MR) is 187 cm³/mol. The van der Waals surface area contributed by atoms with Crippen molar-refractivity contribution in [1.82, 2.24) is 4.90 Å². The zero-order valence-electron chi connectivity index (χ0n) is 27.8. The number of allylic oxidation sites excluding steroid dienone is 1. The molecule has 10 atom stereocenters. The SMILES string of the molecule is Cc1ccccc1[C@H]1[C@@H]2CSCN2[C@@]2(C(=O)c3cccc4cccc2c34)[C@@]12C[C@H]1[C@@H]3CC=C4C[C@@H](O)CC[C@]4(C)[C@H]3CC[C@]1(C)C2=O. The third-order valence-electron chi connectivity index (χ3n) is 15.2. The number of Topliss-reactive ketones (excluding diaryl/α,β-unsaturated/α-hetero) is 2. The molecule has 5 aliphatic carbocycles. The van der Waals surface area contributed by atoms with Gasteiger partial charge in [-0.1, -0.05) is 86.2 Å². The monoisotopic (exact) mass is 643 g/mol. The number of benzene rings is 3. The minimum atomic E-state index is -1.00. The average Bonchev–Trinajstić information content (AvgIpc) is 3.77. The number of nitrogens with zero attached hydrogens (tertiary/aromatic N) is 1. The fourth-order valence-electron chi connectivity index (χ4n) is 13.3. The maximum Gasteiger partial charge on any atom is 0.189 e. The third-order valence-corrected chi connectivity index (χ3v) is 16.3. The number of thioether (sulfide) groups is 1. The second-order valence-corrected chi connectivity index (χ2v) is 17.7. The van der Waals surface area contributed by atoms with E-state index in [4.69, 9.17) is 0 Å². The van der Waals surface area contributed by atoms with E-state index in [2.05, 4.69) is 80.3 Å². The first-order valence-corrected chi connectivity index (χ1v) is 19.2. The number of hydrogen-bond acceptors (Lipinski definition) is 5. The molecule has 0 amide bonds. The molecular weight excluding hydrogens is 599 g/mol. The van der Waals surface area contributed by atoms with Crippen LogP contribution < -0.4 is 0 Å². The Labute approximate surface area is 282 Å². The van der Waals surface area contributed by atoms with Gasteiger partial charge in [-0.05, 0) is 103 Å². The number of carbonyl (C=O) groups is 2. The van der Waals surface area contributed by atoms with Crippen LogP contribution >= 0.6 is 11.8 Å². The molecule has 47 heavy (non-hydrogen) atoms. The van der Waals surface area contributed by atoms with Crippen molar-refractivity contribution in [3.05, 3.63) is 94.6 Å². The molecular formula is C42H45NO3S. The van der Waals surface area contributed by atoms with E-state index in [-0.39, 0.29) is 35.2 Å². The smallest absolute Gasteiger partial charge is 0.189 e. The largest absolute Gasteiger partial charge is 0.393 e. The molecule has 5 heteroatoms. The van der Waals surface area contributed by atoms with Gasteiger partial charge in [0.15, 0.2) is 5.78 Å². The van der Waals surface area contributed by atoms with E-state index in [0.717, 1.165) is 78.5 Å². The van der Waals surface area contributed by atoms with Gasteiger partial charge in [-0.3, -0.25) is 14.5 Å². The summed E-state index contributed by atoms with van der Waals surface area (Å²) in [6, 6.07) is 21.6. The van der Waals surface area contributed by atoms with Crippen LogP contribution in [-0.4, -0.2) is 45.3 Å². The normalized spacial score (nSPS) is 43.4. The molecule has 3 aromatic rings. The molecule has 5 fully saturated rings. The number of ketones is 2. The van der Waals surface area contributed by atoms with E-state index in [0.29, 0.717) is 17.6 Å². The van der Waals surface area contributed by atoms with Gasteiger partial charge in [-0.25, -0.2) is 0 Å². The van der Waals surface area contributed by atoms with Gasteiger partial charge in [0.1, 0.15) is 11.3 Å². The van der Waals surface area contributed by atoms with Crippen molar-refractivity contribution in [2.45, 2.75) is 89.3 Å². The summed E-state index contributed by atoms with van der Waals surface area (Å²) in [5, 5.41) is 12.8. The van der Waals surface area contributed by atoms with Crippen molar-refractivity contribution in [3.8, 4) is 0 Å². The van der Waals surface area contributed by atoms with E-state index in [9.17, 15) is 5.11 Å². The standard InChI is InChI=1S/C42H45NO3S/c1-24-8-4-5-11-28(24)36-34-22-47-23-43(34)42(32-13-7-10-25-9-6-12-30(35(25)32)37(42)45)41(36)21-33-29-15-14-26-20-27(44)16-18-39(26,2)31(29)17-19-40(33,3)38(41)46/h4-14,27,29,31,33-34,36,44H,15-23H2,1-3H3/t27-,29+,31-,33-,34-,36-,39-,40-,41-,42-/m0/s1. The van der Waals surface area contributed by atoms with Crippen LogP contribution in [0.2, 0.25) is 0 Å². The Morgan fingerprint density at radius 3 is 2.53 bits per heavy atom. The van der Waals surface area contributed by atoms with Gasteiger partial charge in [-0.2, -0.15) is 0 Å². The molecule has 4 nitrogen and oxygen atoms in total. The number of carbonyl (C=O) groups excluding carboxylic acids is 2. The quantitative estimate of drug-likeness (QED) is 0.271. The summed E-state index contributed by atoms with van der Waals surface area (Å²) in [6.07, 6.45) is 8.65. The van der Waals surface area contributed by atoms with Gasteiger partial charge < -0.3 is 5.11 Å². The Kier molecular flexibility index (Phi) is 5.90. The van der Waals surface area contributed by atoms with Crippen molar-refractivity contribution in [2.24, 2.45) is 34.0 Å². The minimum absolute atomic E-state index is 0.0456. The molecule has 242 valence electrons. The Hall–Kier alpha value is -2.73. The summed E-state index contributed by atoms with van der Waals surface area (Å²) < 4.78 is 0. The highest BCUT2D eigenvalue weighted by Crippen LogP contribution is 2.78. The van der Waals surface area contributed by atoms with E-state index in [1.165, 1.54) is 16.7 Å². The van der Waals surface area contributed by atoms with Crippen molar-refractivity contribution in [3.63, 3.8) is 0 Å². The van der Waals surface area contributed by atoms with Crippen molar-refractivity contribution < 1.29 is 14.7 Å². The molecule has 2 aliphatic heterocycles. The summed E-state index contributed by atoms with van der Waals surface area (Å²) in [7, 11) is 0.